The van der Waals surface area contributed by atoms with E-state index in [4.69, 9.17) is 16.0 Å². The van der Waals surface area contributed by atoms with Crippen molar-refractivity contribution in [1.29, 1.82) is 0 Å². The molecule has 17 heavy (non-hydrogen) atoms. The molecule has 0 aromatic rings. The monoisotopic (exact) mass is 239 g/mol. The molecule has 0 aliphatic carbocycles. The molecule has 0 heterocycles. The molecule has 5 heteroatoms. The molecule has 94 valence electrons. The summed E-state index contributed by atoms with van der Waals surface area (Å²) in [5.41, 5.74) is -1.24. The maximum atomic E-state index is 11.7. The fraction of sp³-hybridized carbons (Fsp3) is 0.583. The molecule has 0 fully saturated rings. The minimum Gasteiger partial charge on any atom is -0.461 e. The van der Waals surface area contributed by atoms with E-state index in [1.165, 1.54) is 19.9 Å². The third kappa shape index (κ3) is 3.91. The number of hydrogen-bond donors (Lipinski definition) is 0. The van der Waals surface area contributed by atoms with Crippen molar-refractivity contribution in [3.8, 4) is 0 Å². The smallest absolute Gasteiger partial charge is 0.391 e. The summed E-state index contributed by atoms with van der Waals surface area (Å²) >= 11 is 0. The highest BCUT2D eigenvalue weighted by atomic mass is 16.5. The first kappa shape index (κ1) is 15.2. The second kappa shape index (κ2) is 6.69. The van der Waals surface area contributed by atoms with E-state index >= 15 is 0 Å². The molecule has 0 radical (unpaired) electrons. The quantitative estimate of drug-likeness (QED) is 0.401. The van der Waals surface area contributed by atoms with Crippen molar-refractivity contribution >= 4 is 11.9 Å². The summed E-state index contributed by atoms with van der Waals surface area (Å²) in [4.78, 5) is 26.4. The number of esters is 2. The zero-order valence-corrected chi connectivity index (χ0v) is 10.4. The normalized spacial score (nSPS) is 12.1. The number of rotatable bonds is 6. The maximum absolute atomic E-state index is 11.7. The van der Waals surface area contributed by atoms with Crippen LogP contribution in [0.2, 0.25) is 0 Å². The van der Waals surface area contributed by atoms with E-state index < -0.39 is 23.4 Å². The highest BCUT2D eigenvalue weighted by Gasteiger charge is 2.49. The number of carbonyl (C=O) groups is 2. The molecule has 0 aromatic carbocycles. The molecule has 0 aliphatic heterocycles. The van der Waals surface area contributed by atoms with Crippen LogP contribution in [0.15, 0.2) is 12.7 Å². The molecule has 0 rings (SSSR count). The Bertz CT molecular complexity index is 341. The first-order valence-electron chi connectivity index (χ1n) is 5.23. The van der Waals surface area contributed by atoms with Gasteiger partial charge in [0.2, 0.25) is 0 Å². The predicted molar refractivity (Wildman–Crippen MR) is 62.0 cm³/mol. The standard InChI is InChI=1S/C12H17NO4/c1-6-8-17-11(15)12(3,4)9(13-5)10(14)16-7-2/h6,9H,1,7-8H2,2-4H3. The third-order valence-corrected chi connectivity index (χ3v) is 2.18. The number of nitrogens with zero attached hydrogens (tertiary/aromatic N) is 1. The Morgan fingerprint density at radius 3 is 2.47 bits per heavy atom. The van der Waals surface area contributed by atoms with Gasteiger partial charge in [0.15, 0.2) is 0 Å². The molecule has 0 N–H and O–H groups in total. The van der Waals surface area contributed by atoms with E-state index in [9.17, 15) is 9.59 Å². The van der Waals surface area contributed by atoms with Crippen molar-refractivity contribution in [2.45, 2.75) is 26.8 Å². The van der Waals surface area contributed by atoms with Gasteiger partial charge in [-0.1, -0.05) is 12.7 Å². The van der Waals surface area contributed by atoms with Gasteiger partial charge in [0.25, 0.3) is 0 Å². The largest absolute Gasteiger partial charge is 0.461 e. The molecule has 5 nitrogen and oxygen atoms in total. The van der Waals surface area contributed by atoms with Crippen molar-refractivity contribution in [1.82, 2.24) is 0 Å². The summed E-state index contributed by atoms with van der Waals surface area (Å²) in [5, 5.41) is 0. The highest BCUT2D eigenvalue weighted by molar-refractivity contribution is 5.88. The van der Waals surface area contributed by atoms with Crippen LogP contribution in [-0.2, 0) is 19.1 Å². The fourth-order valence-electron chi connectivity index (χ4n) is 1.16. The maximum Gasteiger partial charge on any atom is 0.391 e. The molecule has 0 aromatic heterocycles. The van der Waals surface area contributed by atoms with E-state index in [0.29, 0.717) is 0 Å². The van der Waals surface area contributed by atoms with Crippen LogP contribution in [0, 0.1) is 12.0 Å². The van der Waals surface area contributed by atoms with Crippen LogP contribution in [0.25, 0.3) is 4.85 Å². The van der Waals surface area contributed by atoms with Crippen molar-refractivity contribution in [3.05, 3.63) is 24.1 Å². The summed E-state index contributed by atoms with van der Waals surface area (Å²) in [6.07, 6.45) is 1.42. The van der Waals surface area contributed by atoms with Crippen molar-refractivity contribution in [3.63, 3.8) is 0 Å². The Labute approximate surface area is 101 Å². The van der Waals surface area contributed by atoms with Crippen molar-refractivity contribution < 1.29 is 19.1 Å². The molecule has 0 amide bonds. The van der Waals surface area contributed by atoms with E-state index in [0.717, 1.165) is 0 Å². The third-order valence-electron chi connectivity index (χ3n) is 2.18. The van der Waals surface area contributed by atoms with Gasteiger partial charge in [0.05, 0.1) is 6.61 Å². The van der Waals surface area contributed by atoms with Crippen LogP contribution in [0.1, 0.15) is 20.8 Å². The molecular formula is C12H17NO4. The molecule has 0 bridgehead atoms. The predicted octanol–water partition coefficient (Wildman–Crippen LogP) is 1.59. The molecular weight excluding hydrogens is 222 g/mol. The van der Waals surface area contributed by atoms with Crippen LogP contribution in [0.4, 0.5) is 0 Å². The lowest BCUT2D eigenvalue weighted by Gasteiger charge is -2.21. The summed E-state index contributed by atoms with van der Waals surface area (Å²) in [5.74, 6) is -1.32. The Morgan fingerprint density at radius 2 is 2.06 bits per heavy atom. The Balaban J connectivity index is 4.86. The van der Waals surface area contributed by atoms with Crippen LogP contribution >= 0.6 is 0 Å². The van der Waals surface area contributed by atoms with Gasteiger partial charge in [-0.25, -0.2) is 11.4 Å². The first-order valence-corrected chi connectivity index (χ1v) is 5.23. The van der Waals surface area contributed by atoms with Gasteiger partial charge in [0, 0.05) is 0 Å². The Hall–Kier alpha value is -1.83. The second-order valence-electron chi connectivity index (χ2n) is 3.89. The zero-order chi connectivity index (χ0) is 13.5. The summed E-state index contributed by atoms with van der Waals surface area (Å²) in [7, 11) is 0. The molecule has 0 saturated heterocycles. The van der Waals surface area contributed by atoms with Crippen LogP contribution < -0.4 is 0 Å². The second-order valence-corrected chi connectivity index (χ2v) is 3.89. The van der Waals surface area contributed by atoms with E-state index in [-0.39, 0.29) is 13.2 Å². The minimum absolute atomic E-state index is 0.0514. The topological polar surface area (TPSA) is 57.0 Å². The Kier molecular flexibility index (Phi) is 5.97. The summed E-state index contributed by atoms with van der Waals surface area (Å²) in [6.45, 7) is 15.2. The first-order chi connectivity index (χ1) is 7.91. The Morgan fingerprint density at radius 1 is 1.47 bits per heavy atom. The van der Waals surface area contributed by atoms with E-state index in [1.807, 2.05) is 0 Å². The lowest BCUT2D eigenvalue weighted by atomic mass is 9.85. The fourth-order valence-corrected chi connectivity index (χ4v) is 1.16. The van der Waals surface area contributed by atoms with Gasteiger partial charge in [-0.2, -0.15) is 0 Å². The molecule has 1 atom stereocenters. The van der Waals surface area contributed by atoms with Gasteiger partial charge in [-0.15, -0.1) is 0 Å². The number of ether oxygens (including phenoxy) is 2. The van der Waals surface area contributed by atoms with Crippen LogP contribution in [-0.4, -0.2) is 31.2 Å². The van der Waals surface area contributed by atoms with Gasteiger partial charge in [-0.05, 0) is 20.8 Å². The lowest BCUT2D eigenvalue weighted by Crippen LogP contribution is -2.42. The molecule has 0 saturated carbocycles. The number of carbonyl (C=O) groups excluding carboxylic acids is 2. The van der Waals surface area contributed by atoms with Gasteiger partial charge in [-0.3, -0.25) is 9.64 Å². The molecule has 0 aliphatic rings. The van der Waals surface area contributed by atoms with Gasteiger partial charge < -0.3 is 9.47 Å². The van der Waals surface area contributed by atoms with Crippen LogP contribution in [0.5, 0.6) is 0 Å². The highest BCUT2D eigenvalue weighted by Crippen LogP contribution is 2.26. The SMILES string of the molecule is [C-]#[N+]C(C(=O)OCC)C(C)(C)C(=O)OCC=C. The summed E-state index contributed by atoms with van der Waals surface area (Å²) < 4.78 is 9.61. The van der Waals surface area contributed by atoms with Crippen molar-refractivity contribution in [2.24, 2.45) is 5.41 Å². The van der Waals surface area contributed by atoms with Crippen molar-refractivity contribution in [2.75, 3.05) is 13.2 Å². The lowest BCUT2D eigenvalue weighted by molar-refractivity contribution is -0.160. The van der Waals surface area contributed by atoms with Gasteiger partial charge in [0.1, 0.15) is 12.0 Å². The van der Waals surface area contributed by atoms with Crippen LogP contribution in [0.3, 0.4) is 0 Å². The number of hydrogen-bond acceptors (Lipinski definition) is 4. The zero-order valence-electron chi connectivity index (χ0n) is 10.4. The molecule has 1 unspecified atom stereocenters. The molecule has 0 spiro atoms. The minimum atomic E-state index is -1.24. The van der Waals surface area contributed by atoms with Gasteiger partial charge >= 0.3 is 18.0 Å². The summed E-state index contributed by atoms with van der Waals surface area (Å²) in [6, 6.07) is -1.19. The average molecular weight is 239 g/mol. The van der Waals surface area contributed by atoms with E-state index in [2.05, 4.69) is 11.4 Å². The average Bonchev–Trinajstić information content (AvgIpc) is 2.26. The van der Waals surface area contributed by atoms with E-state index in [1.54, 1.807) is 6.92 Å².